The van der Waals surface area contributed by atoms with Gasteiger partial charge in [-0.05, 0) is 36.6 Å². The topological polar surface area (TPSA) is 9.23 Å². The number of rotatable bonds is 3. The number of alkyl halides is 4. The summed E-state index contributed by atoms with van der Waals surface area (Å²) >= 11 is 5.55. The molecule has 0 heterocycles. The van der Waals surface area contributed by atoms with Crippen molar-refractivity contribution in [3.63, 3.8) is 0 Å². The normalized spacial score (nSPS) is 16.2. The van der Waals surface area contributed by atoms with Crippen LogP contribution in [0.2, 0.25) is 0 Å². The molecule has 0 unspecified atom stereocenters. The minimum Gasteiger partial charge on any atom is -0.490 e. The van der Waals surface area contributed by atoms with Gasteiger partial charge < -0.3 is 4.74 Å². The summed E-state index contributed by atoms with van der Waals surface area (Å²) in [5, 5.41) is 0. The monoisotopic (exact) mass is 250 g/mol. The fraction of sp³-hybridized carbons (Fsp3) is 0.455. The molecule has 0 radical (unpaired) electrons. The van der Waals surface area contributed by atoms with Gasteiger partial charge in [-0.1, -0.05) is 0 Å². The third-order valence-electron chi connectivity index (χ3n) is 2.28. The van der Waals surface area contributed by atoms with Gasteiger partial charge in [-0.2, -0.15) is 13.2 Å². The van der Waals surface area contributed by atoms with Gasteiger partial charge in [0.05, 0.1) is 11.7 Å². The van der Waals surface area contributed by atoms with Crippen LogP contribution in [-0.2, 0) is 12.1 Å². The summed E-state index contributed by atoms with van der Waals surface area (Å²) in [5.41, 5.74) is -0.284. The van der Waals surface area contributed by atoms with Crippen LogP contribution in [0.4, 0.5) is 13.2 Å². The minimum atomic E-state index is -4.36. The van der Waals surface area contributed by atoms with Gasteiger partial charge in [-0.3, -0.25) is 0 Å². The van der Waals surface area contributed by atoms with Gasteiger partial charge >= 0.3 is 6.18 Å². The second-order valence-electron chi connectivity index (χ2n) is 3.81. The first-order valence-electron chi connectivity index (χ1n) is 4.93. The summed E-state index contributed by atoms with van der Waals surface area (Å²) in [6, 6.07) is 3.63. The minimum absolute atomic E-state index is 0.0466. The Hall–Kier alpha value is -0.900. The van der Waals surface area contributed by atoms with Gasteiger partial charge in [-0.15, -0.1) is 11.6 Å². The summed E-state index contributed by atoms with van der Waals surface area (Å²) < 4.78 is 43.0. The van der Waals surface area contributed by atoms with E-state index in [-0.39, 0.29) is 17.7 Å². The van der Waals surface area contributed by atoms with E-state index >= 15 is 0 Å². The third-order valence-corrected chi connectivity index (χ3v) is 2.58. The maximum absolute atomic E-state index is 12.5. The van der Waals surface area contributed by atoms with Crippen LogP contribution in [0.5, 0.6) is 5.75 Å². The zero-order valence-electron chi connectivity index (χ0n) is 8.35. The first-order valence-corrected chi connectivity index (χ1v) is 5.46. The number of benzene rings is 1. The Morgan fingerprint density at radius 1 is 1.25 bits per heavy atom. The fourth-order valence-electron chi connectivity index (χ4n) is 1.35. The van der Waals surface area contributed by atoms with E-state index in [4.69, 9.17) is 16.3 Å². The zero-order valence-corrected chi connectivity index (χ0v) is 9.11. The highest BCUT2D eigenvalue weighted by Crippen LogP contribution is 2.35. The molecule has 1 aliphatic rings. The van der Waals surface area contributed by atoms with E-state index in [1.807, 2.05) is 0 Å². The molecule has 0 saturated heterocycles. The first kappa shape index (κ1) is 11.6. The van der Waals surface area contributed by atoms with E-state index in [1.165, 1.54) is 0 Å². The molecule has 0 aliphatic heterocycles. The highest BCUT2D eigenvalue weighted by Gasteiger charge is 2.32. The number of hydrogen-bond donors (Lipinski definition) is 0. The molecule has 0 aromatic heterocycles. The van der Waals surface area contributed by atoms with Gasteiger partial charge in [0.15, 0.2) is 0 Å². The largest absolute Gasteiger partial charge is 0.490 e. The Kier molecular flexibility index (Phi) is 3.02. The summed E-state index contributed by atoms with van der Waals surface area (Å²) in [7, 11) is 0. The lowest BCUT2D eigenvalue weighted by Gasteiger charge is -2.11. The molecule has 1 saturated carbocycles. The first-order chi connectivity index (χ1) is 7.49. The molecule has 0 spiro atoms. The van der Waals surface area contributed by atoms with Crippen LogP contribution in [0, 0.1) is 0 Å². The second kappa shape index (κ2) is 4.17. The van der Waals surface area contributed by atoms with Gasteiger partial charge in [0, 0.05) is 5.88 Å². The lowest BCUT2D eigenvalue weighted by atomic mass is 10.1. The molecule has 1 aliphatic carbocycles. The van der Waals surface area contributed by atoms with Crippen molar-refractivity contribution in [2.75, 3.05) is 0 Å². The smallest absolute Gasteiger partial charge is 0.416 e. The van der Waals surface area contributed by atoms with Crippen LogP contribution < -0.4 is 4.74 Å². The van der Waals surface area contributed by atoms with E-state index < -0.39 is 11.7 Å². The molecule has 1 aromatic carbocycles. The number of halogens is 4. The third kappa shape index (κ3) is 2.82. The molecule has 5 heteroatoms. The van der Waals surface area contributed by atoms with Gasteiger partial charge in [0.25, 0.3) is 0 Å². The fourth-order valence-corrected chi connectivity index (χ4v) is 1.50. The molecule has 2 rings (SSSR count). The van der Waals surface area contributed by atoms with Crippen LogP contribution in [-0.4, -0.2) is 6.10 Å². The van der Waals surface area contributed by atoms with Gasteiger partial charge in [-0.25, -0.2) is 0 Å². The summed E-state index contributed by atoms with van der Waals surface area (Å²) in [6.07, 6.45) is -2.46. The van der Waals surface area contributed by atoms with Crippen molar-refractivity contribution in [3.05, 3.63) is 29.3 Å². The average molecular weight is 251 g/mol. The molecular weight excluding hydrogens is 241 g/mol. The summed E-state index contributed by atoms with van der Waals surface area (Å²) in [5.74, 6) is 0.304. The predicted octanol–water partition coefficient (Wildman–Crippen LogP) is 3.99. The lowest BCUT2D eigenvalue weighted by Crippen LogP contribution is -2.07. The van der Waals surface area contributed by atoms with Crippen molar-refractivity contribution in [3.8, 4) is 5.75 Å². The van der Waals surface area contributed by atoms with Crippen LogP contribution in [0.15, 0.2) is 18.2 Å². The van der Waals surface area contributed by atoms with E-state index in [0.29, 0.717) is 5.56 Å². The summed E-state index contributed by atoms with van der Waals surface area (Å²) in [4.78, 5) is 0. The number of hydrogen-bond acceptors (Lipinski definition) is 1. The maximum atomic E-state index is 12.5. The summed E-state index contributed by atoms with van der Waals surface area (Å²) in [6.45, 7) is 0. The Bertz CT molecular complexity index is 385. The maximum Gasteiger partial charge on any atom is 0.416 e. The van der Waals surface area contributed by atoms with E-state index in [0.717, 1.165) is 25.0 Å². The van der Waals surface area contributed by atoms with Crippen molar-refractivity contribution < 1.29 is 17.9 Å². The Balaban J connectivity index is 2.29. The molecular formula is C11H10ClF3O. The van der Waals surface area contributed by atoms with Gasteiger partial charge in [0.1, 0.15) is 5.75 Å². The van der Waals surface area contributed by atoms with Crippen LogP contribution >= 0.6 is 11.6 Å². The molecule has 1 aromatic rings. The second-order valence-corrected chi connectivity index (χ2v) is 4.08. The molecule has 0 bridgehead atoms. The molecule has 1 nitrogen and oxygen atoms in total. The van der Waals surface area contributed by atoms with Crippen molar-refractivity contribution in [2.45, 2.75) is 31.0 Å². The van der Waals surface area contributed by atoms with E-state index in [1.54, 1.807) is 6.07 Å². The van der Waals surface area contributed by atoms with Gasteiger partial charge in [0.2, 0.25) is 0 Å². The number of ether oxygens (including phenoxy) is 1. The van der Waals surface area contributed by atoms with Crippen molar-refractivity contribution in [1.29, 1.82) is 0 Å². The molecule has 0 N–H and O–H groups in total. The quantitative estimate of drug-likeness (QED) is 0.737. The van der Waals surface area contributed by atoms with Crippen LogP contribution in [0.3, 0.4) is 0 Å². The Morgan fingerprint density at radius 2 is 1.94 bits per heavy atom. The van der Waals surface area contributed by atoms with Crippen LogP contribution in [0.1, 0.15) is 24.0 Å². The van der Waals surface area contributed by atoms with Crippen molar-refractivity contribution in [1.82, 2.24) is 0 Å². The highest BCUT2D eigenvalue weighted by atomic mass is 35.5. The Morgan fingerprint density at radius 3 is 2.44 bits per heavy atom. The van der Waals surface area contributed by atoms with Crippen LogP contribution in [0.25, 0.3) is 0 Å². The molecule has 0 atom stereocenters. The molecule has 88 valence electrons. The lowest BCUT2D eigenvalue weighted by molar-refractivity contribution is -0.137. The highest BCUT2D eigenvalue weighted by molar-refractivity contribution is 6.17. The van der Waals surface area contributed by atoms with E-state index in [9.17, 15) is 13.2 Å². The standard InChI is InChI=1S/C11H10ClF3O/c12-6-7-3-8(11(13,14)15)5-10(4-7)16-9-1-2-9/h3-5,9H,1-2,6H2. The SMILES string of the molecule is FC(F)(F)c1cc(CCl)cc(OC2CC2)c1. The van der Waals surface area contributed by atoms with Crippen molar-refractivity contribution in [2.24, 2.45) is 0 Å². The predicted molar refractivity (Wildman–Crippen MR) is 54.7 cm³/mol. The molecule has 0 amide bonds. The zero-order chi connectivity index (χ0) is 11.8. The Labute approximate surface area is 96.2 Å². The molecule has 16 heavy (non-hydrogen) atoms. The molecule has 1 fully saturated rings. The average Bonchev–Trinajstić information content (AvgIpc) is 3.00. The van der Waals surface area contributed by atoms with E-state index in [2.05, 4.69) is 0 Å². The van der Waals surface area contributed by atoms with Crippen molar-refractivity contribution >= 4 is 11.6 Å².